The lowest BCUT2D eigenvalue weighted by Crippen LogP contribution is -2.35. The predicted molar refractivity (Wildman–Crippen MR) is 146 cm³/mol. The Morgan fingerprint density at radius 1 is 1.03 bits per heavy atom. The van der Waals surface area contributed by atoms with Crippen molar-refractivity contribution in [2.45, 2.75) is 23.8 Å². The van der Waals surface area contributed by atoms with E-state index in [2.05, 4.69) is 25.2 Å². The maximum atomic E-state index is 13.7. The van der Waals surface area contributed by atoms with Crippen molar-refractivity contribution in [2.24, 2.45) is 0 Å². The molecule has 0 atom stereocenters. The lowest BCUT2D eigenvalue weighted by atomic mass is 10.1. The molecule has 0 amide bonds. The van der Waals surface area contributed by atoms with E-state index in [0.29, 0.717) is 22.3 Å². The minimum absolute atomic E-state index is 0.101. The Morgan fingerprint density at radius 2 is 1.84 bits per heavy atom. The molecular formula is C27H26N6O4S. The Balaban J connectivity index is 1.34. The van der Waals surface area contributed by atoms with E-state index in [0.717, 1.165) is 41.0 Å². The first-order chi connectivity index (χ1) is 18.4. The lowest BCUT2D eigenvalue weighted by Gasteiger charge is -2.31. The number of para-hydroxylation sites is 1. The maximum Gasteiger partial charge on any atom is 0.271 e. The third-order valence-electron chi connectivity index (χ3n) is 6.79. The van der Waals surface area contributed by atoms with E-state index in [9.17, 15) is 13.5 Å². The summed E-state index contributed by atoms with van der Waals surface area (Å²) in [6, 6.07) is 16.1. The van der Waals surface area contributed by atoms with Crippen LogP contribution < -0.4 is 15.0 Å². The van der Waals surface area contributed by atoms with Crippen LogP contribution in [0.4, 0.5) is 17.3 Å². The van der Waals surface area contributed by atoms with Crippen molar-refractivity contribution in [3.05, 3.63) is 73.2 Å². The number of pyridine rings is 1. The van der Waals surface area contributed by atoms with Crippen molar-refractivity contribution in [1.29, 1.82) is 0 Å². The molecule has 5 aromatic rings. The SMILES string of the molecule is COc1cc(N2CCC(O)CC2)ccc1Nc1ncc2ccn(S(=O)(=O)c3cccc4cccnc34)c2n1. The molecule has 194 valence electrons. The molecule has 1 aliphatic heterocycles. The fraction of sp³-hybridized carbons (Fsp3) is 0.222. The summed E-state index contributed by atoms with van der Waals surface area (Å²) in [4.78, 5) is 15.5. The van der Waals surface area contributed by atoms with Gasteiger partial charge in [0.25, 0.3) is 10.0 Å². The van der Waals surface area contributed by atoms with E-state index in [1.165, 1.54) is 6.20 Å². The molecule has 1 saturated heterocycles. The molecule has 0 saturated carbocycles. The Bertz CT molecular complexity index is 1740. The summed E-state index contributed by atoms with van der Waals surface area (Å²) < 4.78 is 34.2. The number of hydrogen-bond donors (Lipinski definition) is 2. The van der Waals surface area contributed by atoms with Crippen LogP contribution in [0.15, 0.2) is 78.1 Å². The van der Waals surface area contributed by atoms with E-state index in [-0.39, 0.29) is 22.6 Å². The molecule has 10 nitrogen and oxygen atoms in total. The summed E-state index contributed by atoms with van der Waals surface area (Å²) in [6.07, 6.45) is 5.84. The first kappa shape index (κ1) is 24.1. The van der Waals surface area contributed by atoms with Gasteiger partial charge in [-0.25, -0.2) is 17.4 Å². The normalized spacial score (nSPS) is 14.7. The molecule has 2 aromatic carbocycles. The molecule has 2 N–H and O–H groups in total. The summed E-state index contributed by atoms with van der Waals surface area (Å²) in [5.74, 6) is 0.831. The molecule has 38 heavy (non-hydrogen) atoms. The molecule has 6 rings (SSSR count). The van der Waals surface area contributed by atoms with Gasteiger partial charge in [0.2, 0.25) is 5.95 Å². The van der Waals surface area contributed by atoms with Gasteiger partial charge in [0.15, 0.2) is 5.65 Å². The second-order valence-electron chi connectivity index (χ2n) is 9.15. The maximum absolute atomic E-state index is 13.7. The van der Waals surface area contributed by atoms with Crippen molar-refractivity contribution in [1.82, 2.24) is 18.9 Å². The van der Waals surface area contributed by atoms with Gasteiger partial charge in [0.05, 0.1) is 24.4 Å². The third-order valence-corrected chi connectivity index (χ3v) is 8.49. The molecule has 0 radical (unpaired) electrons. The number of aromatic nitrogens is 4. The number of anilines is 3. The molecule has 4 heterocycles. The van der Waals surface area contributed by atoms with Crippen LogP contribution in [0.2, 0.25) is 0 Å². The van der Waals surface area contributed by atoms with Gasteiger partial charge in [-0.3, -0.25) is 4.98 Å². The van der Waals surface area contributed by atoms with Crippen LogP contribution >= 0.6 is 0 Å². The highest BCUT2D eigenvalue weighted by Crippen LogP contribution is 2.33. The zero-order valence-electron chi connectivity index (χ0n) is 20.7. The number of fused-ring (bicyclic) bond motifs is 2. The van der Waals surface area contributed by atoms with Gasteiger partial charge in [-0.1, -0.05) is 18.2 Å². The molecular weight excluding hydrogens is 504 g/mol. The number of hydrogen-bond acceptors (Lipinski definition) is 9. The zero-order valence-corrected chi connectivity index (χ0v) is 21.5. The lowest BCUT2D eigenvalue weighted by molar-refractivity contribution is 0.145. The van der Waals surface area contributed by atoms with Gasteiger partial charge in [0, 0.05) is 54.2 Å². The van der Waals surface area contributed by atoms with Crippen LogP contribution in [0.25, 0.3) is 21.9 Å². The van der Waals surface area contributed by atoms with Gasteiger partial charge in [-0.2, -0.15) is 4.98 Å². The van der Waals surface area contributed by atoms with Crippen molar-refractivity contribution in [3.8, 4) is 5.75 Å². The van der Waals surface area contributed by atoms with E-state index in [4.69, 9.17) is 4.74 Å². The minimum atomic E-state index is -3.99. The third kappa shape index (κ3) is 4.29. The molecule has 1 fully saturated rings. The standard InChI is InChI=1S/C27H26N6O4S/c1-37-23-16-20(32-13-10-21(34)11-14-32)7-8-22(23)30-27-29-17-19-9-15-33(26(19)31-27)38(35,36)24-6-2-4-18-5-3-12-28-25(18)24/h2-9,12,15-17,21,34H,10-11,13-14H2,1H3,(H,29,30,31). The fourth-order valence-electron chi connectivity index (χ4n) is 4.76. The van der Waals surface area contributed by atoms with Gasteiger partial charge in [-0.05, 0) is 43.2 Å². The van der Waals surface area contributed by atoms with E-state index < -0.39 is 10.0 Å². The topological polar surface area (TPSA) is 122 Å². The smallest absolute Gasteiger partial charge is 0.271 e. The van der Waals surface area contributed by atoms with Crippen molar-refractivity contribution in [2.75, 3.05) is 30.4 Å². The fourth-order valence-corrected chi connectivity index (χ4v) is 6.24. The second kappa shape index (κ2) is 9.58. The monoisotopic (exact) mass is 530 g/mol. The number of nitrogens with one attached hydrogen (secondary N) is 1. The number of ether oxygens (including phenoxy) is 1. The van der Waals surface area contributed by atoms with Crippen molar-refractivity contribution < 1.29 is 18.3 Å². The summed E-state index contributed by atoms with van der Waals surface area (Å²) in [7, 11) is -2.40. The van der Waals surface area contributed by atoms with Crippen molar-refractivity contribution in [3.63, 3.8) is 0 Å². The molecule has 0 spiro atoms. The average Bonchev–Trinajstić information content (AvgIpc) is 3.38. The number of nitrogens with zero attached hydrogens (tertiary/aromatic N) is 5. The summed E-state index contributed by atoms with van der Waals surface area (Å²) in [5, 5.41) is 14.3. The average molecular weight is 531 g/mol. The van der Waals surface area contributed by atoms with E-state index >= 15 is 0 Å². The summed E-state index contributed by atoms with van der Waals surface area (Å²) >= 11 is 0. The van der Waals surface area contributed by atoms with Crippen LogP contribution in [0.5, 0.6) is 5.75 Å². The van der Waals surface area contributed by atoms with Crippen LogP contribution in [0, 0.1) is 0 Å². The van der Waals surface area contributed by atoms with Crippen LogP contribution in [-0.2, 0) is 10.0 Å². The van der Waals surface area contributed by atoms with Gasteiger partial charge < -0.3 is 20.1 Å². The molecule has 0 aliphatic carbocycles. The van der Waals surface area contributed by atoms with Gasteiger partial charge in [0.1, 0.15) is 10.6 Å². The number of rotatable bonds is 6. The molecule has 0 bridgehead atoms. The van der Waals surface area contributed by atoms with Gasteiger partial charge in [-0.15, -0.1) is 0 Å². The van der Waals surface area contributed by atoms with Crippen LogP contribution in [0.1, 0.15) is 12.8 Å². The summed E-state index contributed by atoms with van der Waals surface area (Å²) in [6.45, 7) is 1.54. The Hall–Kier alpha value is -4.22. The predicted octanol–water partition coefficient (Wildman–Crippen LogP) is 3.93. The molecule has 11 heteroatoms. The first-order valence-electron chi connectivity index (χ1n) is 12.3. The zero-order chi connectivity index (χ0) is 26.3. The Morgan fingerprint density at radius 3 is 2.66 bits per heavy atom. The largest absolute Gasteiger partial charge is 0.494 e. The second-order valence-corrected chi connectivity index (χ2v) is 10.9. The number of piperidine rings is 1. The van der Waals surface area contributed by atoms with Gasteiger partial charge >= 0.3 is 0 Å². The van der Waals surface area contributed by atoms with Crippen LogP contribution in [0.3, 0.4) is 0 Å². The molecule has 1 aliphatic rings. The van der Waals surface area contributed by atoms with Crippen LogP contribution in [-0.4, -0.2) is 58.8 Å². The first-order valence-corrected chi connectivity index (χ1v) is 13.7. The number of benzene rings is 2. The quantitative estimate of drug-likeness (QED) is 0.336. The number of aliphatic hydroxyl groups excluding tert-OH is 1. The number of aliphatic hydroxyl groups is 1. The summed E-state index contributed by atoms with van der Waals surface area (Å²) in [5.41, 5.74) is 2.29. The van der Waals surface area contributed by atoms with Crippen molar-refractivity contribution >= 4 is 49.3 Å². The Labute approximate surface area is 219 Å². The highest BCUT2D eigenvalue weighted by atomic mass is 32.2. The van der Waals surface area contributed by atoms with E-state index in [1.54, 1.807) is 43.8 Å². The molecule has 3 aromatic heterocycles. The molecule has 0 unspecified atom stereocenters. The highest BCUT2D eigenvalue weighted by molar-refractivity contribution is 7.90. The minimum Gasteiger partial charge on any atom is -0.494 e. The number of methoxy groups -OCH3 is 1. The van der Waals surface area contributed by atoms with E-state index in [1.807, 2.05) is 30.3 Å². The Kier molecular flexibility index (Phi) is 6.09. The highest BCUT2D eigenvalue weighted by Gasteiger charge is 2.24.